The zero-order valence-corrected chi connectivity index (χ0v) is 16.2. The number of benzene rings is 1. The van der Waals surface area contributed by atoms with Gasteiger partial charge in [-0.25, -0.2) is 9.97 Å². The average Bonchev–Trinajstić information content (AvgIpc) is 2.75. The van der Waals surface area contributed by atoms with E-state index in [9.17, 15) is 4.79 Å². The van der Waals surface area contributed by atoms with Gasteiger partial charge in [-0.2, -0.15) is 0 Å². The summed E-state index contributed by atoms with van der Waals surface area (Å²) in [5.41, 5.74) is 8.35. The number of rotatable bonds is 5. The van der Waals surface area contributed by atoms with Crippen molar-refractivity contribution in [3.63, 3.8) is 0 Å². The van der Waals surface area contributed by atoms with Gasteiger partial charge in [0.05, 0.1) is 18.7 Å². The third-order valence-corrected chi connectivity index (χ3v) is 5.03. The Hall–Kier alpha value is -3.42. The number of hydrogen-bond donors (Lipinski definition) is 2. The molecular formula is C21H23N5O3. The third-order valence-electron chi connectivity index (χ3n) is 5.03. The normalized spacial score (nSPS) is 18.9. The summed E-state index contributed by atoms with van der Waals surface area (Å²) in [5.74, 6) is 0.888. The van der Waals surface area contributed by atoms with Crippen molar-refractivity contribution >= 4 is 22.6 Å². The molecule has 0 atom stereocenters. The predicted molar refractivity (Wildman–Crippen MR) is 109 cm³/mol. The molecule has 0 radical (unpaired) electrons. The number of amides is 1. The molecule has 4 rings (SSSR count). The van der Waals surface area contributed by atoms with Crippen LogP contribution < -0.4 is 20.5 Å². The number of carbonyl (C=O) groups is 1. The molecule has 0 spiro atoms. The number of nitrogens with two attached hydrogens (primary N) is 1. The Morgan fingerprint density at radius 1 is 1.14 bits per heavy atom. The summed E-state index contributed by atoms with van der Waals surface area (Å²) in [7, 11) is 1.53. The minimum Gasteiger partial charge on any atom is -0.488 e. The number of nitrogens with one attached hydrogen (secondary N) is 1. The van der Waals surface area contributed by atoms with Gasteiger partial charge in [-0.05, 0) is 37.8 Å². The second-order valence-corrected chi connectivity index (χ2v) is 7.07. The van der Waals surface area contributed by atoms with E-state index in [4.69, 9.17) is 15.2 Å². The molecule has 29 heavy (non-hydrogen) atoms. The molecular weight excluding hydrogens is 370 g/mol. The van der Waals surface area contributed by atoms with Crippen LogP contribution in [0, 0.1) is 0 Å². The lowest BCUT2D eigenvalue weighted by Crippen LogP contribution is -2.40. The maximum atomic E-state index is 12.4. The van der Waals surface area contributed by atoms with Gasteiger partial charge in [0.1, 0.15) is 17.0 Å². The van der Waals surface area contributed by atoms with Crippen molar-refractivity contribution < 1.29 is 14.3 Å². The van der Waals surface area contributed by atoms with Gasteiger partial charge in [-0.3, -0.25) is 9.78 Å². The summed E-state index contributed by atoms with van der Waals surface area (Å²) in [6.45, 7) is 0. The summed E-state index contributed by atoms with van der Waals surface area (Å²) in [6.07, 6.45) is 6.63. The zero-order chi connectivity index (χ0) is 20.2. The fourth-order valence-electron chi connectivity index (χ4n) is 3.57. The SMILES string of the molecule is COc1cccc(C(=O)NC2CCC(Oc3cc(N)cc4nccnc34)CC2)n1. The molecule has 8 nitrogen and oxygen atoms in total. The lowest BCUT2D eigenvalue weighted by Gasteiger charge is -2.29. The number of fused-ring (bicyclic) bond motifs is 1. The molecule has 1 aliphatic rings. The number of ether oxygens (including phenoxy) is 2. The monoisotopic (exact) mass is 393 g/mol. The number of nitrogen functional groups attached to an aromatic ring is 1. The standard InChI is InChI=1S/C21H23N5O3/c1-28-19-4-2-3-16(26-19)21(27)25-14-5-7-15(8-6-14)29-18-12-13(22)11-17-20(18)24-10-9-23-17/h2-4,9-12,14-15H,5-8,22H2,1H3,(H,25,27). The second-order valence-electron chi connectivity index (χ2n) is 7.07. The van der Waals surface area contributed by atoms with Gasteiger partial charge in [0.15, 0.2) is 0 Å². The van der Waals surface area contributed by atoms with Crippen molar-refractivity contribution in [2.75, 3.05) is 12.8 Å². The number of aromatic nitrogens is 3. The molecule has 0 bridgehead atoms. The van der Waals surface area contributed by atoms with Crippen molar-refractivity contribution in [3.8, 4) is 11.6 Å². The van der Waals surface area contributed by atoms with Crippen LogP contribution >= 0.6 is 0 Å². The smallest absolute Gasteiger partial charge is 0.270 e. The fourth-order valence-corrected chi connectivity index (χ4v) is 3.57. The first-order valence-electron chi connectivity index (χ1n) is 9.61. The molecule has 3 aromatic rings. The fraction of sp³-hybridized carbons (Fsp3) is 0.333. The second kappa shape index (κ2) is 8.30. The largest absolute Gasteiger partial charge is 0.488 e. The van der Waals surface area contributed by atoms with Crippen molar-refractivity contribution in [3.05, 3.63) is 48.4 Å². The van der Waals surface area contributed by atoms with Gasteiger partial charge in [0.25, 0.3) is 5.91 Å². The van der Waals surface area contributed by atoms with E-state index >= 15 is 0 Å². The van der Waals surface area contributed by atoms with Crippen LogP contribution in [0.25, 0.3) is 11.0 Å². The maximum Gasteiger partial charge on any atom is 0.270 e. The van der Waals surface area contributed by atoms with Crippen LogP contribution in [0.2, 0.25) is 0 Å². The quantitative estimate of drug-likeness (QED) is 0.641. The van der Waals surface area contributed by atoms with Gasteiger partial charge in [0.2, 0.25) is 5.88 Å². The summed E-state index contributed by atoms with van der Waals surface area (Å²) in [4.78, 5) is 25.3. The van der Waals surface area contributed by atoms with Gasteiger partial charge in [-0.1, -0.05) is 6.07 Å². The molecule has 0 unspecified atom stereocenters. The molecule has 2 aromatic heterocycles. The Morgan fingerprint density at radius 3 is 2.72 bits per heavy atom. The molecule has 1 amide bonds. The molecule has 1 aromatic carbocycles. The zero-order valence-electron chi connectivity index (χ0n) is 16.2. The average molecular weight is 393 g/mol. The number of nitrogens with zero attached hydrogens (tertiary/aromatic N) is 3. The highest BCUT2D eigenvalue weighted by molar-refractivity contribution is 5.92. The van der Waals surface area contributed by atoms with Gasteiger partial charge >= 0.3 is 0 Å². The number of hydrogen-bond acceptors (Lipinski definition) is 7. The molecule has 1 aliphatic carbocycles. The van der Waals surface area contributed by atoms with E-state index in [1.807, 2.05) is 0 Å². The molecule has 2 heterocycles. The van der Waals surface area contributed by atoms with Crippen LogP contribution in [0.1, 0.15) is 36.2 Å². The van der Waals surface area contributed by atoms with Crippen LogP contribution in [-0.2, 0) is 0 Å². The predicted octanol–water partition coefficient (Wildman–Crippen LogP) is 2.74. The van der Waals surface area contributed by atoms with Crippen LogP contribution in [0.3, 0.4) is 0 Å². The van der Waals surface area contributed by atoms with Gasteiger partial charge in [0, 0.05) is 36.3 Å². The highest BCUT2D eigenvalue weighted by atomic mass is 16.5. The molecule has 8 heteroatoms. The van der Waals surface area contributed by atoms with Crippen LogP contribution in [0.5, 0.6) is 11.6 Å². The lowest BCUT2D eigenvalue weighted by atomic mass is 9.92. The van der Waals surface area contributed by atoms with E-state index in [1.54, 1.807) is 42.7 Å². The van der Waals surface area contributed by atoms with E-state index < -0.39 is 0 Å². The van der Waals surface area contributed by atoms with Gasteiger partial charge < -0.3 is 20.5 Å². The number of anilines is 1. The van der Waals surface area contributed by atoms with E-state index in [2.05, 4.69) is 20.3 Å². The van der Waals surface area contributed by atoms with Crippen LogP contribution in [0.4, 0.5) is 5.69 Å². The Labute approximate surface area is 168 Å². The molecule has 1 fully saturated rings. The molecule has 1 saturated carbocycles. The van der Waals surface area contributed by atoms with Crippen molar-refractivity contribution in [1.82, 2.24) is 20.3 Å². The summed E-state index contributed by atoms with van der Waals surface area (Å²) < 4.78 is 11.3. The summed E-state index contributed by atoms with van der Waals surface area (Å²) in [6, 6.07) is 8.81. The number of carbonyl (C=O) groups excluding carboxylic acids is 1. The van der Waals surface area contributed by atoms with E-state index in [0.29, 0.717) is 34.0 Å². The highest BCUT2D eigenvalue weighted by Crippen LogP contribution is 2.30. The molecule has 0 saturated heterocycles. The molecule has 150 valence electrons. The third kappa shape index (κ3) is 4.37. The number of methoxy groups -OCH3 is 1. The number of pyridine rings is 1. The van der Waals surface area contributed by atoms with E-state index in [-0.39, 0.29) is 18.1 Å². The lowest BCUT2D eigenvalue weighted by molar-refractivity contribution is 0.0889. The van der Waals surface area contributed by atoms with Crippen molar-refractivity contribution in [2.24, 2.45) is 0 Å². The van der Waals surface area contributed by atoms with Crippen LogP contribution in [-0.4, -0.2) is 40.1 Å². The first-order chi connectivity index (χ1) is 14.1. The first-order valence-corrected chi connectivity index (χ1v) is 9.61. The Kier molecular flexibility index (Phi) is 5.41. The van der Waals surface area contributed by atoms with Crippen molar-refractivity contribution in [2.45, 2.75) is 37.8 Å². The minimum absolute atomic E-state index is 0.0464. The Balaban J connectivity index is 1.36. The Bertz CT molecular complexity index is 1020. The van der Waals surface area contributed by atoms with Crippen molar-refractivity contribution in [1.29, 1.82) is 0 Å². The van der Waals surface area contributed by atoms with E-state index in [1.165, 1.54) is 7.11 Å². The minimum atomic E-state index is -0.189. The maximum absolute atomic E-state index is 12.4. The molecule has 0 aliphatic heterocycles. The van der Waals surface area contributed by atoms with E-state index in [0.717, 1.165) is 25.7 Å². The molecule has 3 N–H and O–H groups in total. The first kappa shape index (κ1) is 18.9. The van der Waals surface area contributed by atoms with Crippen LogP contribution in [0.15, 0.2) is 42.7 Å². The van der Waals surface area contributed by atoms with Gasteiger partial charge in [-0.15, -0.1) is 0 Å². The topological polar surface area (TPSA) is 112 Å². The summed E-state index contributed by atoms with van der Waals surface area (Å²) in [5, 5.41) is 3.05. The summed E-state index contributed by atoms with van der Waals surface area (Å²) >= 11 is 0. The highest BCUT2D eigenvalue weighted by Gasteiger charge is 2.25. The Morgan fingerprint density at radius 2 is 1.93 bits per heavy atom.